The smallest absolute Gasteiger partial charge is 0.335 e. The van der Waals surface area contributed by atoms with Crippen LogP contribution in [-0.2, 0) is 0 Å². The van der Waals surface area contributed by atoms with E-state index in [2.05, 4.69) is 30.2 Å². The fourth-order valence-corrected chi connectivity index (χ4v) is 5.38. The third-order valence-corrected chi connectivity index (χ3v) is 7.69. The number of carboxylic acid groups (broad SMARTS) is 1. The topological polar surface area (TPSA) is 116 Å². The Kier molecular flexibility index (Phi) is 7.47. The van der Waals surface area contributed by atoms with E-state index < -0.39 is 5.97 Å². The van der Waals surface area contributed by atoms with Crippen molar-refractivity contribution >= 4 is 23.0 Å². The Morgan fingerprint density at radius 1 is 1.03 bits per heavy atom. The van der Waals surface area contributed by atoms with Crippen LogP contribution < -0.4 is 5.32 Å². The van der Waals surface area contributed by atoms with Gasteiger partial charge in [-0.2, -0.15) is 5.26 Å². The number of carbonyl (C=O) groups is 2. The lowest BCUT2D eigenvalue weighted by atomic mass is 9.78. The number of amides is 1. The van der Waals surface area contributed by atoms with Gasteiger partial charge in [0.2, 0.25) is 5.89 Å². The molecule has 0 atom stereocenters. The van der Waals surface area contributed by atoms with E-state index in [-0.39, 0.29) is 11.8 Å². The number of fused-ring (bicyclic) bond motifs is 1. The number of nitrogens with one attached hydrogen (secondary N) is 1. The van der Waals surface area contributed by atoms with Crippen molar-refractivity contribution in [2.45, 2.75) is 51.4 Å². The first-order valence-corrected chi connectivity index (χ1v) is 13.4. The Hall–Kier alpha value is -4.44. The van der Waals surface area contributed by atoms with Crippen LogP contribution in [0.2, 0.25) is 0 Å². The predicted molar refractivity (Wildman–Crippen MR) is 149 cm³/mol. The van der Waals surface area contributed by atoms with Crippen molar-refractivity contribution in [3.8, 4) is 17.5 Å². The number of benzene rings is 3. The van der Waals surface area contributed by atoms with E-state index in [0.717, 1.165) is 36.8 Å². The van der Waals surface area contributed by atoms with Crippen molar-refractivity contribution in [3.63, 3.8) is 0 Å². The van der Waals surface area contributed by atoms with Gasteiger partial charge in [-0.1, -0.05) is 26.0 Å². The number of aromatic nitrogens is 1. The molecule has 0 saturated heterocycles. The van der Waals surface area contributed by atoms with E-state index in [4.69, 9.17) is 9.52 Å². The number of nitrogens with zero attached hydrogens (tertiary/aromatic N) is 2. The highest BCUT2D eigenvalue weighted by Crippen LogP contribution is 2.36. The summed E-state index contributed by atoms with van der Waals surface area (Å²) in [4.78, 5) is 28.5. The van der Waals surface area contributed by atoms with Gasteiger partial charge in [0.15, 0.2) is 5.58 Å². The molecule has 1 aliphatic rings. The monoisotopic (exact) mass is 521 g/mol. The van der Waals surface area contributed by atoms with Crippen LogP contribution in [0.3, 0.4) is 0 Å². The van der Waals surface area contributed by atoms with Gasteiger partial charge in [0.25, 0.3) is 5.91 Å². The lowest BCUT2D eigenvalue weighted by molar-refractivity contribution is 0.0696. The molecule has 1 amide bonds. The van der Waals surface area contributed by atoms with Crippen molar-refractivity contribution in [3.05, 3.63) is 88.5 Å². The summed E-state index contributed by atoms with van der Waals surface area (Å²) in [5, 5.41) is 21.5. The molecule has 1 aromatic heterocycles. The summed E-state index contributed by atoms with van der Waals surface area (Å²) >= 11 is 0. The molecule has 2 N–H and O–H groups in total. The second-order valence-electron chi connectivity index (χ2n) is 10.6. The fourth-order valence-electron chi connectivity index (χ4n) is 5.38. The van der Waals surface area contributed by atoms with Gasteiger partial charge >= 0.3 is 5.97 Å². The molecule has 39 heavy (non-hydrogen) atoms. The Morgan fingerprint density at radius 2 is 1.69 bits per heavy atom. The minimum absolute atomic E-state index is 0.105. The van der Waals surface area contributed by atoms with Crippen LogP contribution in [0, 0.1) is 17.2 Å². The van der Waals surface area contributed by atoms with Gasteiger partial charge in [0, 0.05) is 23.2 Å². The second-order valence-corrected chi connectivity index (χ2v) is 10.6. The van der Waals surface area contributed by atoms with Gasteiger partial charge in [0.1, 0.15) is 5.52 Å². The molecule has 1 saturated carbocycles. The molecule has 0 radical (unpaired) electrons. The molecule has 0 unspecified atom stereocenters. The molecule has 0 bridgehead atoms. The molecule has 1 heterocycles. The molecule has 3 aromatic carbocycles. The van der Waals surface area contributed by atoms with Crippen LogP contribution in [0.4, 0.5) is 0 Å². The molecule has 4 aromatic rings. The van der Waals surface area contributed by atoms with Gasteiger partial charge in [-0.3, -0.25) is 4.79 Å². The van der Waals surface area contributed by atoms with Crippen LogP contribution in [0.1, 0.15) is 88.8 Å². The SMILES string of the molecule is CC(C)c1cc(C#N)cc2nc(-c3ccc(C(=O)NC[C@H]4CC[C@H](c5ccc(C(=O)O)cc5)CC4)cc3)oc12. The Labute approximate surface area is 227 Å². The van der Waals surface area contributed by atoms with Crippen LogP contribution >= 0.6 is 0 Å². The van der Waals surface area contributed by atoms with E-state index in [1.807, 2.05) is 30.3 Å². The zero-order chi connectivity index (χ0) is 27.5. The third kappa shape index (κ3) is 5.70. The quantitative estimate of drug-likeness (QED) is 0.273. The lowest BCUT2D eigenvalue weighted by Crippen LogP contribution is -2.31. The van der Waals surface area contributed by atoms with Crippen molar-refractivity contribution in [1.82, 2.24) is 10.3 Å². The third-order valence-electron chi connectivity index (χ3n) is 7.69. The van der Waals surface area contributed by atoms with Crippen LogP contribution in [-0.4, -0.2) is 28.5 Å². The van der Waals surface area contributed by atoms with E-state index >= 15 is 0 Å². The van der Waals surface area contributed by atoms with Gasteiger partial charge in [-0.15, -0.1) is 0 Å². The van der Waals surface area contributed by atoms with E-state index in [0.29, 0.717) is 52.1 Å². The maximum atomic E-state index is 12.8. The standard InChI is InChI=1S/C32H31N3O4/c1-19(2)27-15-21(17-33)16-28-29(27)39-31(35-28)25-11-9-24(10-12-25)30(36)34-18-20-3-5-22(6-4-20)23-7-13-26(14-8-23)32(37)38/h7-16,19-20,22H,3-6,18H2,1-2H3,(H,34,36)(H,37,38)/t20-,22-. The minimum atomic E-state index is -0.905. The number of nitriles is 1. The summed E-state index contributed by atoms with van der Waals surface area (Å²) in [5.74, 6) is 0.498. The molecule has 1 aliphatic carbocycles. The Bertz CT molecular complexity index is 1540. The molecular weight excluding hydrogens is 490 g/mol. The first-order valence-electron chi connectivity index (χ1n) is 13.4. The average Bonchev–Trinajstić information content (AvgIpc) is 3.40. The normalized spacial score (nSPS) is 17.2. The Balaban J connectivity index is 1.17. The number of carboxylic acids is 1. The summed E-state index contributed by atoms with van der Waals surface area (Å²) in [6, 6.07) is 20.2. The number of aromatic carboxylic acids is 1. The number of oxazole rings is 1. The highest BCUT2D eigenvalue weighted by Gasteiger charge is 2.23. The van der Waals surface area contributed by atoms with Gasteiger partial charge in [-0.05, 0) is 97.5 Å². The van der Waals surface area contributed by atoms with Crippen molar-refractivity contribution in [1.29, 1.82) is 5.26 Å². The van der Waals surface area contributed by atoms with Crippen LogP contribution in [0.5, 0.6) is 0 Å². The number of hydrogen-bond acceptors (Lipinski definition) is 5. The number of rotatable bonds is 7. The molecule has 0 aliphatic heterocycles. The van der Waals surface area contributed by atoms with Crippen LogP contribution in [0.25, 0.3) is 22.6 Å². The summed E-state index contributed by atoms with van der Waals surface area (Å²) in [5.41, 5.74) is 5.69. The van der Waals surface area contributed by atoms with Gasteiger partial charge in [0.05, 0.1) is 17.2 Å². The molecule has 5 rings (SSSR count). The van der Waals surface area contributed by atoms with Crippen molar-refractivity contribution in [2.24, 2.45) is 5.92 Å². The van der Waals surface area contributed by atoms with Crippen molar-refractivity contribution in [2.75, 3.05) is 6.54 Å². The molecule has 7 heteroatoms. The van der Waals surface area contributed by atoms with Gasteiger partial charge < -0.3 is 14.8 Å². The number of hydrogen-bond donors (Lipinski definition) is 2. The lowest BCUT2D eigenvalue weighted by Gasteiger charge is -2.29. The van der Waals surface area contributed by atoms with Crippen LogP contribution in [0.15, 0.2) is 65.1 Å². The van der Waals surface area contributed by atoms with E-state index in [9.17, 15) is 14.9 Å². The largest absolute Gasteiger partial charge is 0.478 e. The average molecular weight is 522 g/mol. The fraction of sp³-hybridized carbons (Fsp3) is 0.312. The molecule has 7 nitrogen and oxygen atoms in total. The van der Waals surface area contributed by atoms with Gasteiger partial charge in [-0.25, -0.2) is 9.78 Å². The first kappa shape index (κ1) is 26.2. The van der Waals surface area contributed by atoms with E-state index in [1.54, 1.807) is 30.3 Å². The summed E-state index contributed by atoms with van der Waals surface area (Å²) < 4.78 is 6.08. The zero-order valence-electron chi connectivity index (χ0n) is 22.1. The maximum absolute atomic E-state index is 12.8. The van der Waals surface area contributed by atoms with E-state index in [1.165, 1.54) is 5.56 Å². The molecule has 198 valence electrons. The minimum Gasteiger partial charge on any atom is -0.478 e. The zero-order valence-corrected chi connectivity index (χ0v) is 22.1. The molecule has 0 spiro atoms. The highest BCUT2D eigenvalue weighted by molar-refractivity contribution is 5.94. The predicted octanol–water partition coefficient (Wildman–Crippen LogP) is 6.89. The second kappa shape index (κ2) is 11.1. The Morgan fingerprint density at radius 3 is 2.31 bits per heavy atom. The molecule has 1 fully saturated rings. The maximum Gasteiger partial charge on any atom is 0.335 e. The number of carbonyl (C=O) groups excluding carboxylic acids is 1. The summed E-state index contributed by atoms with van der Waals surface area (Å²) in [6.07, 6.45) is 4.10. The summed E-state index contributed by atoms with van der Waals surface area (Å²) in [6.45, 7) is 4.74. The highest BCUT2D eigenvalue weighted by atomic mass is 16.4. The first-order chi connectivity index (χ1) is 18.8. The molecular formula is C32H31N3O4. The summed E-state index contributed by atoms with van der Waals surface area (Å²) in [7, 11) is 0. The van der Waals surface area contributed by atoms with Crippen molar-refractivity contribution < 1.29 is 19.1 Å².